The lowest BCUT2D eigenvalue weighted by Gasteiger charge is -2.38. The molecule has 190 valence electrons. The molecule has 0 aromatic heterocycles. The van der Waals surface area contributed by atoms with Crippen molar-refractivity contribution in [2.45, 2.75) is 130 Å². The fraction of sp³-hybridized carbons (Fsp3) is 0.741. The second kappa shape index (κ2) is 9.84. The van der Waals surface area contributed by atoms with Crippen LogP contribution in [0, 0.1) is 0 Å². The molecular formula is C27H52O3Si3. The van der Waals surface area contributed by atoms with E-state index in [4.69, 9.17) is 8.85 Å². The summed E-state index contributed by atoms with van der Waals surface area (Å²) in [6.07, 6.45) is 0. The van der Waals surface area contributed by atoms with E-state index < -0.39 is 24.7 Å². The van der Waals surface area contributed by atoms with Crippen molar-refractivity contribution in [3.8, 4) is 0 Å². The highest BCUT2D eigenvalue weighted by atomic mass is 28.4. The van der Waals surface area contributed by atoms with Crippen LogP contribution < -0.4 is 0 Å². The van der Waals surface area contributed by atoms with E-state index in [1.807, 2.05) is 6.07 Å². The van der Waals surface area contributed by atoms with Gasteiger partial charge in [-0.1, -0.05) is 93.6 Å². The summed E-state index contributed by atoms with van der Waals surface area (Å²) in [6, 6.07) is 6.29. The first-order valence-corrected chi connectivity index (χ1v) is 21.2. The van der Waals surface area contributed by atoms with Gasteiger partial charge in [-0.15, -0.1) is 0 Å². The van der Waals surface area contributed by atoms with Crippen LogP contribution in [0.4, 0.5) is 0 Å². The predicted molar refractivity (Wildman–Crippen MR) is 152 cm³/mol. The average Bonchev–Trinajstić information content (AvgIpc) is 2.61. The first kappa shape index (κ1) is 30.5. The lowest BCUT2D eigenvalue weighted by Crippen LogP contribution is -2.46. The van der Waals surface area contributed by atoms with Gasteiger partial charge in [-0.3, -0.25) is 0 Å². The van der Waals surface area contributed by atoms with Gasteiger partial charge in [-0.25, -0.2) is 0 Å². The Balaban J connectivity index is 3.38. The van der Waals surface area contributed by atoms with Crippen LogP contribution in [0.3, 0.4) is 0 Å². The lowest BCUT2D eigenvalue weighted by molar-refractivity contribution is 0.106. The summed E-state index contributed by atoms with van der Waals surface area (Å²) in [5, 5.41) is 0.603. The standard InChI is InChI=1S/C27H52O3Si3/c1-25(2,3)31(10,11)24(28)23-17-16-21(19-29-32(12,13)26(4,5)6)18-22(23)20-30-33(14,15)27(7,8)9/h16-18H,19-20H2,1-15H3. The number of carbonyl (C=O) groups excluding carboxylic acids is 1. The third-order valence-corrected chi connectivity index (χ3v) is 22.8. The number of carbonyl (C=O) groups is 1. The zero-order chi connectivity index (χ0) is 26.3. The molecule has 0 saturated carbocycles. The zero-order valence-corrected chi connectivity index (χ0v) is 27.4. The molecule has 0 saturated heterocycles. The molecule has 0 aliphatic heterocycles. The van der Waals surface area contributed by atoms with Gasteiger partial charge in [0.05, 0.1) is 13.2 Å². The van der Waals surface area contributed by atoms with E-state index in [0.717, 1.165) is 16.7 Å². The Kier molecular flexibility index (Phi) is 9.09. The Morgan fingerprint density at radius 2 is 1.12 bits per heavy atom. The van der Waals surface area contributed by atoms with E-state index in [1.165, 1.54) is 0 Å². The van der Waals surface area contributed by atoms with Crippen LogP contribution >= 0.6 is 0 Å². The Bertz CT molecular complexity index is 836. The molecule has 0 aliphatic rings. The van der Waals surface area contributed by atoms with E-state index in [9.17, 15) is 4.79 Å². The Morgan fingerprint density at radius 3 is 1.52 bits per heavy atom. The molecule has 0 N–H and O–H groups in total. The van der Waals surface area contributed by atoms with Gasteiger partial charge in [0, 0.05) is 5.56 Å². The van der Waals surface area contributed by atoms with E-state index in [0.29, 0.717) is 18.6 Å². The molecule has 1 aromatic rings. The number of hydrogen-bond acceptors (Lipinski definition) is 3. The van der Waals surface area contributed by atoms with Crippen LogP contribution in [0.5, 0.6) is 0 Å². The summed E-state index contributed by atoms with van der Waals surface area (Å²) in [5.41, 5.74) is 2.99. The minimum atomic E-state index is -2.19. The fourth-order valence-corrected chi connectivity index (χ4v) is 6.22. The van der Waals surface area contributed by atoms with Crippen molar-refractivity contribution >= 4 is 30.1 Å². The van der Waals surface area contributed by atoms with Crippen LogP contribution in [-0.4, -0.2) is 30.1 Å². The zero-order valence-electron chi connectivity index (χ0n) is 24.4. The maximum absolute atomic E-state index is 13.8. The summed E-state index contributed by atoms with van der Waals surface area (Å²) in [6.45, 7) is 34.7. The second-order valence-electron chi connectivity index (χ2n) is 14.3. The highest BCUT2D eigenvalue weighted by Crippen LogP contribution is 2.40. The van der Waals surface area contributed by atoms with Crippen molar-refractivity contribution in [3.05, 3.63) is 34.9 Å². The average molecular weight is 509 g/mol. The molecular weight excluding hydrogens is 457 g/mol. The van der Waals surface area contributed by atoms with Crippen LogP contribution in [0.2, 0.25) is 54.4 Å². The molecule has 33 heavy (non-hydrogen) atoms. The van der Waals surface area contributed by atoms with Gasteiger partial charge in [0.15, 0.2) is 16.6 Å². The third kappa shape index (κ3) is 7.23. The summed E-state index contributed by atoms with van der Waals surface area (Å²) in [5.74, 6) is 0. The third-order valence-electron chi connectivity index (χ3n) is 8.66. The molecule has 0 radical (unpaired) electrons. The molecule has 0 bridgehead atoms. The van der Waals surface area contributed by atoms with Crippen LogP contribution in [0.15, 0.2) is 18.2 Å². The second-order valence-corrected chi connectivity index (χ2v) is 29.1. The SMILES string of the molecule is CC(C)(C)[Si](C)(C)OCc1ccc(C(=O)[Si](C)(C)C(C)(C)C)c(CO[Si](C)(C)C(C)(C)C)c1. The van der Waals surface area contributed by atoms with Crippen LogP contribution in [0.1, 0.15) is 83.8 Å². The summed E-state index contributed by atoms with van der Waals surface area (Å²) in [4.78, 5) is 13.8. The molecule has 0 heterocycles. The van der Waals surface area contributed by atoms with Crippen molar-refractivity contribution in [1.29, 1.82) is 0 Å². The van der Waals surface area contributed by atoms with Gasteiger partial charge in [0.2, 0.25) is 0 Å². The quantitative estimate of drug-likeness (QED) is 0.329. The Labute approximate surface area is 208 Å². The summed E-state index contributed by atoms with van der Waals surface area (Å²) < 4.78 is 13.1. The summed E-state index contributed by atoms with van der Waals surface area (Å²) in [7, 11) is -5.99. The number of rotatable bonds is 8. The molecule has 0 unspecified atom stereocenters. The molecule has 0 spiro atoms. The molecule has 1 rings (SSSR count). The normalized spacial score (nSPS) is 14.5. The molecule has 0 amide bonds. The molecule has 0 atom stereocenters. The van der Waals surface area contributed by atoms with E-state index in [1.54, 1.807) is 0 Å². The number of benzene rings is 1. The van der Waals surface area contributed by atoms with Gasteiger partial charge in [-0.2, -0.15) is 0 Å². The fourth-order valence-electron chi connectivity index (χ4n) is 2.71. The van der Waals surface area contributed by atoms with Crippen molar-refractivity contribution < 1.29 is 13.6 Å². The van der Waals surface area contributed by atoms with Gasteiger partial charge >= 0.3 is 0 Å². The van der Waals surface area contributed by atoms with E-state index in [-0.39, 0.29) is 15.1 Å². The van der Waals surface area contributed by atoms with Crippen molar-refractivity contribution in [1.82, 2.24) is 0 Å². The first-order valence-electron chi connectivity index (χ1n) is 12.4. The maximum Gasteiger partial charge on any atom is 0.192 e. The first-order chi connectivity index (χ1) is 14.4. The Morgan fingerprint density at radius 1 is 0.697 bits per heavy atom. The van der Waals surface area contributed by atoms with E-state index >= 15 is 0 Å². The maximum atomic E-state index is 13.8. The molecule has 1 aromatic carbocycles. The summed E-state index contributed by atoms with van der Waals surface area (Å²) >= 11 is 0. The van der Waals surface area contributed by atoms with E-state index in [2.05, 4.69) is 114 Å². The van der Waals surface area contributed by atoms with Crippen molar-refractivity contribution in [2.24, 2.45) is 0 Å². The monoisotopic (exact) mass is 508 g/mol. The highest BCUT2D eigenvalue weighted by Gasteiger charge is 2.44. The smallest absolute Gasteiger partial charge is 0.192 e. The molecule has 6 heteroatoms. The van der Waals surface area contributed by atoms with Crippen molar-refractivity contribution in [3.63, 3.8) is 0 Å². The minimum absolute atomic E-state index is 0.00818. The Hall–Kier alpha value is -0.539. The largest absolute Gasteiger partial charge is 0.413 e. The highest BCUT2D eigenvalue weighted by molar-refractivity contribution is 7.08. The topological polar surface area (TPSA) is 35.5 Å². The van der Waals surface area contributed by atoms with Gasteiger partial charge in [0.1, 0.15) is 13.5 Å². The van der Waals surface area contributed by atoms with Crippen LogP contribution in [0.25, 0.3) is 0 Å². The van der Waals surface area contributed by atoms with Crippen molar-refractivity contribution in [2.75, 3.05) is 0 Å². The molecule has 0 aliphatic carbocycles. The molecule has 0 fully saturated rings. The van der Waals surface area contributed by atoms with Gasteiger partial charge < -0.3 is 13.6 Å². The van der Waals surface area contributed by atoms with Crippen LogP contribution in [-0.2, 0) is 22.1 Å². The van der Waals surface area contributed by atoms with Gasteiger partial charge in [0.25, 0.3) is 0 Å². The number of hydrogen-bond donors (Lipinski definition) is 0. The predicted octanol–water partition coefficient (Wildman–Crippen LogP) is 8.96. The van der Waals surface area contributed by atoms with Gasteiger partial charge in [-0.05, 0) is 52.4 Å². The lowest BCUT2D eigenvalue weighted by atomic mass is 10.1. The minimum Gasteiger partial charge on any atom is -0.413 e. The molecule has 3 nitrogen and oxygen atoms in total.